The zero-order valence-electron chi connectivity index (χ0n) is 12.4. The number of carbonyl (C=O) groups is 2. The summed E-state index contributed by atoms with van der Waals surface area (Å²) in [5.41, 5.74) is 0.0633. The molecule has 126 valence electrons. The summed E-state index contributed by atoms with van der Waals surface area (Å²) in [5.74, 6) is -1.71. The van der Waals surface area contributed by atoms with Crippen LogP contribution in [0.3, 0.4) is 0 Å². The topological polar surface area (TPSA) is 84.9 Å². The molecule has 23 heavy (non-hydrogen) atoms. The van der Waals surface area contributed by atoms with Crippen molar-refractivity contribution in [3.63, 3.8) is 0 Å². The Kier molecular flexibility index (Phi) is 6.98. The van der Waals surface area contributed by atoms with Crippen molar-refractivity contribution in [2.75, 3.05) is 13.7 Å². The van der Waals surface area contributed by atoms with Crippen LogP contribution in [0.2, 0.25) is 0 Å². The molecule has 0 bridgehead atoms. The second kappa shape index (κ2) is 8.72. The van der Waals surface area contributed by atoms with Crippen molar-refractivity contribution in [1.82, 2.24) is 5.32 Å². The molecule has 0 aliphatic carbocycles. The number of aliphatic carboxylic acids is 1. The number of methoxy groups -OCH3 is 1. The number of carbonyl (C=O) groups excluding carboxylic acids is 1. The van der Waals surface area contributed by atoms with E-state index in [1.807, 2.05) is 5.32 Å². The lowest BCUT2D eigenvalue weighted by Gasteiger charge is -2.15. The normalized spacial score (nSPS) is 11.7. The molecule has 0 aromatic heterocycles. The molecule has 2 N–H and O–H groups in total. The van der Waals surface area contributed by atoms with Gasteiger partial charge >= 0.3 is 5.97 Å². The van der Waals surface area contributed by atoms with Crippen LogP contribution in [0, 0.1) is 0 Å². The van der Waals surface area contributed by atoms with Crippen LogP contribution in [0.5, 0.6) is 11.5 Å². The van der Waals surface area contributed by atoms with Gasteiger partial charge in [-0.3, -0.25) is 4.79 Å². The smallest absolute Gasteiger partial charge is 0.326 e. The summed E-state index contributed by atoms with van der Waals surface area (Å²) >= 11 is 0. The summed E-state index contributed by atoms with van der Waals surface area (Å²) in [4.78, 5) is 22.9. The highest BCUT2D eigenvalue weighted by Gasteiger charge is 2.25. The van der Waals surface area contributed by atoms with Crippen LogP contribution in [-0.4, -0.2) is 43.2 Å². The van der Waals surface area contributed by atoms with Gasteiger partial charge in [0.05, 0.1) is 7.11 Å². The highest BCUT2D eigenvalue weighted by atomic mass is 19.3. The van der Waals surface area contributed by atoms with Gasteiger partial charge in [-0.2, -0.15) is 0 Å². The van der Waals surface area contributed by atoms with E-state index in [2.05, 4.69) is 6.58 Å². The van der Waals surface area contributed by atoms with Crippen LogP contribution in [0.4, 0.5) is 8.78 Å². The third-order valence-electron chi connectivity index (χ3n) is 2.80. The SMILES string of the molecule is C=CCOc1ccc(C(=O)NC(CC(F)F)C(=O)O)cc1OC. The van der Waals surface area contributed by atoms with E-state index in [1.165, 1.54) is 31.4 Å². The van der Waals surface area contributed by atoms with Gasteiger partial charge < -0.3 is 19.9 Å². The number of carboxylic acid groups (broad SMARTS) is 1. The Labute approximate surface area is 131 Å². The Bertz CT molecular complexity index is 577. The fourth-order valence-electron chi connectivity index (χ4n) is 1.72. The lowest BCUT2D eigenvalue weighted by molar-refractivity contribution is -0.140. The molecular weight excluding hydrogens is 312 g/mol. The molecule has 0 heterocycles. The van der Waals surface area contributed by atoms with E-state index in [0.717, 1.165) is 0 Å². The zero-order chi connectivity index (χ0) is 17.4. The lowest BCUT2D eigenvalue weighted by Crippen LogP contribution is -2.42. The van der Waals surface area contributed by atoms with Crippen LogP contribution >= 0.6 is 0 Å². The molecule has 0 aliphatic rings. The molecule has 0 fully saturated rings. The third-order valence-corrected chi connectivity index (χ3v) is 2.80. The van der Waals surface area contributed by atoms with Crippen molar-refractivity contribution in [1.29, 1.82) is 0 Å². The number of alkyl halides is 2. The predicted octanol–water partition coefficient (Wildman–Crippen LogP) is 2.10. The number of ether oxygens (including phenoxy) is 2. The average molecular weight is 329 g/mol. The highest BCUT2D eigenvalue weighted by Crippen LogP contribution is 2.28. The van der Waals surface area contributed by atoms with Crippen molar-refractivity contribution in [3.05, 3.63) is 36.4 Å². The molecule has 0 spiro atoms. The maximum absolute atomic E-state index is 12.3. The Morgan fingerprint density at radius 1 is 1.39 bits per heavy atom. The second-order valence-corrected chi connectivity index (χ2v) is 4.46. The minimum Gasteiger partial charge on any atom is -0.493 e. The molecule has 0 aliphatic heterocycles. The Morgan fingerprint density at radius 3 is 2.61 bits per heavy atom. The van der Waals surface area contributed by atoms with Crippen LogP contribution in [0.15, 0.2) is 30.9 Å². The number of rotatable bonds is 9. The van der Waals surface area contributed by atoms with Crippen LogP contribution in [0.1, 0.15) is 16.8 Å². The van der Waals surface area contributed by atoms with Crippen molar-refractivity contribution < 1.29 is 33.0 Å². The van der Waals surface area contributed by atoms with Crippen molar-refractivity contribution in [2.45, 2.75) is 18.9 Å². The summed E-state index contributed by atoms with van der Waals surface area (Å²) in [6, 6.07) is 2.48. The van der Waals surface area contributed by atoms with E-state index in [4.69, 9.17) is 14.6 Å². The number of halogens is 2. The fraction of sp³-hybridized carbons (Fsp3) is 0.333. The van der Waals surface area contributed by atoms with E-state index in [9.17, 15) is 18.4 Å². The Balaban J connectivity index is 2.90. The summed E-state index contributed by atoms with van der Waals surface area (Å²) in [6.45, 7) is 3.74. The van der Waals surface area contributed by atoms with Gasteiger partial charge in [-0.1, -0.05) is 12.7 Å². The molecule has 1 atom stereocenters. The van der Waals surface area contributed by atoms with Gasteiger partial charge in [0.25, 0.3) is 5.91 Å². The molecule has 1 amide bonds. The number of carboxylic acids is 1. The largest absolute Gasteiger partial charge is 0.493 e. The van der Waals surface area contributed by atoms with E-state index in [0.29, 0.717) is 5.75 Å². The molecule has 6 nitrogen and oxygen atoms in total. The molecule has 1 rings (SSSR count). The van der Waals surface area contributed by atoms with Gasteiger partial charge in [0.1, 0.15) is 12.6 Å². The van der Waals surface area contributed by atoms with Gasteiger partial charge in [0, 0.05) is 12.0 Å². The molecule has 0 saturated heterocycles. The maximum atomic E-state index is 12.3. The summed E-state index contributed by atoms with van der Waals surface area (Å²) in [6.07, 6.45) is -2.29. The van der Waals surface area contributed by atoms with Crippen molar-refractivity contribution in [3.8, 4) is 11.5 Å². The zero-order valence-corrected chi connectivity index (χ0v) is 12.4. The first kappa shape index (κ1) is 18.4. The third kappa shape index (κ3) is 5.57. The quantitative estimate of drug-likeness (QED) is 0.678. The number of hydrogen-bond donors (Lipinski definition) is 2. The fourth-order valence-corrected chi connectivity index (χ4v) is 1.72. The van der Waals surface area contributed by atoms with Gasteiger partial charge in [-0.05, 0) is 18.2 Å². The number of hydrogen-bond acceptors (Lipinski definition) is 4. The van der Waals surface area contributed by atoms with Crippen molar-refractivity contribution in [2.24, 2.45) is 0 Å². The van der Waals surface area contributed by atoms with Crippen LogP contribution in [-0.2, 0) is 4.79 Å². The summed E-state index contributed by atoms with van der Waals surface area (Å²) in [7, 11) is 1.37. The summed E-state index contributed by atoms with van der Waals surface area (Å²) in [5, 5.41) is 10.9. The van der Waals surface area contributed by atoms with E-state index in [1.54, 1.807) is 0 Å². The first-order valence-electron chi connectivity index (χ1n) is 6.62. The van der Waals surface area contributed by atoms with Crippen LogP contribution < -0.4 is 14.8 Å². The molecule has 0 radical (unpaired) electrons. The predicted molar refractivity (Wildman–Crippen MR) is 78.2 cm³/mol. The first-order chi connectivity index (χ1) is 10.9. The second-order valence-electron chi connectivity index (χ2n) is 4.46. The molecule has 1 aromatic carbocycles. The molecule has 1 unspecified atom stereocenters. The first-order valence-corrected chi connectivity index (χ1v) is 6.62. The highest BCUT2D eigenvalue weighted by molar-refractivity contribution is 5.97. The van der Waals surface area contributed by atoms with Crippen molar-refractivity contribution >= 4 is 11.9 Å². The van der Waals surface area contributed by atoms with Gasteiger partial charge in [0.15, 0.2) is 11.5 Å². The standard InChI is InChI=1S/C15H17F2NO5/c1-3-6-23-11-5-4-9(7-12(11)22-2)14(19)18-10(15(20)21)8-13(16)17/h3-5,7,10,13H,1,6,8H2,2H3,(H,18,19)(H,20,21). The lowest BCUT2D eigenvalue weighted by atomic mass is 10.1. The van der Waals surface area contributed by atoms with E-state index < -0.39 is 30.8 Å². The average Bonchev–Trinajstić information content (AvgIpc) is 2.51. The molecule has 1 aromatic rings. The minimum atomic E-state index is -2.85. The Hall–Kier alpha value is -2.64. The number of benzene rings is 1. The number of nitrogens with one attached hydrogen (secondary N) is 1. The van der Waals surface area contributed by atoms with E-state index >= 15 is 0 Å². The monoisotopic (exact) mass is 329 g/mol. The summed E-state index contributed by atoms with van der Waals surface area (Å²) < 4.78 is 35.0. The van der Waals surface area contributed by atoms with E-state index in [-0.39, 0.29) is 17.9 Å². The molecular formula is C15H17F2NO5. The van der Waals surface area contributed by atoms with Gasteiger partial charge in [0.2, 0.25) is 6.43 Å². The van der Waals surface area contributed by atoms with Crippen LogP contribution in [0.25, 0.3) is 0 Å². The Morgan fingerprint density at radius 2 is 2.09 bits per heavy atom. The molecule has 0 saturated carbocycles. The molecule has 8 heteroatoms. The maximum Gasteiger partial charge on any atom is 0.326 e. The van der Waals surface area contributed by atoms with Gasteiger partial charge in [-0.15, -0.1) is 0 Å². The minimum absolute atomic E-state index is 0.0633. The number of amides is 1. The van der Waals surface area contributed by atoms with Gasteiger partial charge in [-0.25, -0.2) is 13.6 Å².